The van der Waals surface area contributed by atoms with E-state index in [1.807, 2.05) is 0 Å². The van der Waals surface area contributed by atoms with E-state index in [0.717, 1.165) is 24.3 Å². The molecule has 0 bridgehead atoms. The maximum atomic E-state index is 12.5. The number of benzene rings is 1. The number of carbonyl (C=O) groups excluding carboxylic acids is 3. The molecule has 0 unspecified atom stereocenters. The summed E-state index contributed by atoms with van der Waals surface area (Å²) in [6.45, 7) is -0.309. The maximum Gasteiger partial charge on any atom is 0.344 e. The van der Waals surface area contributed by atoms with Gasteiger partial charge in [0.2, 0.25) is 0 Å². The Morgan fingerprint density at radius 2 is 1.80 bits per heavy atom. The Morgan fingerprint density at radius 1 is 1.16 bits per heavy atom. The van der Waals surface area contributed by atoms with Gasteiger partial charge in [0.05, 0.1) is 7.11 Å². The molecule has 2 N–H and O–H groups in total. The standard InChI is InChI=1S/C17H21N3O5/c1-24-12-5-7-13(8-6-12)25-11-14(21)19-20-15(22)17(18-16(20)23)9-3-2-4-10-17/h5-8H,2-4,9-11H2,1H3,(H,18,23)(H,19,21). The topological polar surface area (TPSA) is 97.0 Å². The van der Waals surface area contributed by atoms with Gasteiger partial charge >= 0.3 is 6.03 Å². The molecule has 4 amide bonds. The molecular weight excluding hydrogens is 326 g/mol. The number of methoxy groups -OCH3 is 1. The van der Waals surface area contributed by atoms with Gasteiger partial charge in [-0.05, 0) is 37.1 Å². The molecule has 1 aliphatic carbocycles. The lowest BCUT2D eigenvalue weighted by Crippen LogP contribution is -2.51. The quantitative estimate of drug-likeness (QED) is 0.784. The highest BCUT2D eigenvalue weighted by Gasteiger charge is 2.52. The number of imide groups is 1. The summed E-state index contributed by atoms with van der Waals surface area (Å²) in [5.41, 5.74) is 1.46. The fourth-order valence-electron chi connectivity index (χ4n) is 3.19. The van der Waals surface area contributed by atoms with Crippen LogP contribution in [-0.4, -0.2) is 42.1 Å². The van der Waals surface area contributed by atoms with E-state index in [1.54, 1.807) is 31.4 Å². The number of hydrogen-bond donors (Lipinski definition) is 2. The Balaban J connectivity index is 1.55. The Bertz CT molecular complexity index is 667. The first-order chi connectivity index (χ1) is 12.0. The van der Waals surface area contributed by atoms with Gasteiger partial charge in [0, 0.05) is 0 Å². The van der Waals surface area contributed by atoms with Gasteiger partial charge in [0.25, 0.3) is 11.8 Å². The number of ether oxygens (including phenoxy) is 2. The molecule has 25 heavy (non-hydrogen) atoms. The molecule has 8 heteroatoms. The van der Waals surface area contributed by atoms with Crippen LogP contribution < -0.4 is 20.2 Å². The second-order valence-electron chi connectivity index (χ2n) is 6.21. The van der Waals surface area contributed by atoms with Gasteiger partial charge in [-0.3, -0.25) is 15.0 Å². The average molecular weight is 347 g/mol. The van der Waals surface area contributed by atoms with Crippen molar-refractivity contribution in [3.05, 3.63) is 24.3 Å². The SMILES string of the molecule is COc1ccc(OCC(=O)NN2C(=O)NC3(CCCCC3)C2=O)cc1. The van der Waals surface area contributed by atoms with Crippen LogP contribution in [0.2, 0.25) is 0 Å². The van der Waals surface area contributed by atoms with E-state index >= 15 is 0 Å². The fraction of sp³-hybridized carbons (Fsp3) is 0.471. The molecule has 3 rings (SSSR count). The molecule has 1 saturated carbocycles. The van der Waals surface area contributed by atoms with Crippen LogP contribution in [0, 0.1) is 0 Å². The number of carbonyl (C=O) groups is 3. The third-order valence-corrected chi connectivity index (χ3v) is 4.53. The summed E-state index contributed by atoms with van der Waals surface area (Å²) in [5.74, 6) is 0.188. The van der Waals surface area contributed by atoms with Crippen LogP contribution in [0.4, 0.5) is 4.79 Å². The fourth-order valence-corrected chi connectivity index (χ4v) is 3.19. The van der Waals surface area contributed by atoms with Crippen LogP contribution in [-0.2, 0) is 9.59 Å². The molecule has 134 valence electrons. The first-order valence-electron chi connectivity index (χ1n) is 8.27. The van der Waals surface area contributed by atoms with Crippen molar-refractivity contribution in [2.75, 3.05) is 13.7 Å². The summed E-state index contributed by atoms with van der Waals surface area (Å²) in [7, 11) is 1.56. The van der Waals surface area contributed by atoms with Crippen molar-refractivity contribution in [2.24, 2.45) is 0 Å². The van der Waals surface area contributed by atoms with E-state index in [-0.39, 0.29) is 6.61 Å². The highest BCUT2D eigenvalue weighted by atomic mass is 16.5. The molecule has 0 aromatic heterocycles. The zero-order chi connectivity index (χ0) is 17.9. The predicted octanol–water partition coefficient (Wildman–Crippen LogP) is 1.36. The zero-order valence-corrected chi connectivity index (χ0v) is 14.0. The molecule has 2 fully saturated rings. The number of nitrogens with one attached hydrogen (secondary N) is 2. The van der Waals surface area contributed by atoms with Crippen molar-refractivity contribution in [1.82, 2.24) is 15.8 Å². The molecule has 1 saturated heterocycles. The van der Waals surface area contributed by atoms with Crippen molar-refractivity contribution < 1.29 is 23.9 Å². The molecule has 1 spiro atoms. The van der Waals surface area contributed by atoms with Crippen molar-refractivity contribution in [1.29, 1.82) is 0 Å². The first-order valence-corrected chi connectivity index (χ1v) is 8.27. The van der Waals surface area contributed by atoms with Crippen molar-refractivity contribution in [3.8, 4) is 11.5 Å². The first kappa shape index (κ1) is 17.1. The van der Waals surface area contributed by atoms with Gasteiger partial charge in [-0.2, -0.15) is 5.01 Å². The Morgan fingerprint density at radius 3 is 2.44 bits per heavy atom. The molecule has 1 aromatic carbocycles. The summed E-state index contributed by atoms with van der Waals surface area (Å²) in [6.07, 6.45) is 4.02. The smallest absolute Gasteiger partial charge is 0.344 e. The van der Waals surface area contributed by atoms with E-state index in [1.165, 1.54) is 0 Å². The van der Waals surface area contributed by atoms with Crippen molar-refractivity contribution in [3.63, 3.8) is 0 Å². The monoisotopic (exact) mass is 347 g/mol. The molecule has 1 aliphatic heterocycles. The van der Waals surface area contributed by atoms with Gasteiger partial charge in [-0.25, -0.2) is 4.79 Å². The molecule has 8 nitrogen and oxygen atoms in total. The summed E-state index contributed by atoms with van der Waals surface area (Å²) in [4.78, 5) is 36.6. The van der Waals surface area contributed by atoms with Crippen LogP contribution in [0.5, 0.6) is 11.5 Å². The molecule has 0 radical (unpaired) electrons. The average Bonchev–Trinajstić information content (AvgIpc) is 2.85. The van der Waals surface area contributed by atoms with Gasteiger partial charge in [-0.15, -0.1) is 0 Å². The Hall–Kier alpha value is -2.77. The second-order valence-corrected chi connectivity index (χ2v) is 6.21. The van der Waals surface area contributed by atoms with Crippen LogP contribution in [0.15, 0.2) is 24.3 Å². The van der Waals surface area contributed by atoms with Crippen LogP contribution >= 0.6 is 0 Å². The molecular formula is C17H21N3O5. The second kappa shape index (κ2) is 7.00. The number of urea groups is 1. The number of amides is 4. The molecule has 1 heterocycles. The third-order valence-electron chi connectivity index (χ3n) is 4.53. The summed E-state index contributed by atoms with van der Waals surface area (Å²) >= 11 is 0. The van der Waals surface area contributed by atoms with Crippen molar-refractivity contribution >= 4 is 17.8 Å². The van der Waals surface area contributed by atoms with E-state index < -0.39 is 23.4 Å². The van der Waals surface area contributed by atoms with Gasteiger partial charge in [-0.1, -0.05) is 19.3 Å². The number of hydrazine groups is 1. The normalized spacial score (nSPS) is 18.8. The highest BCUT2D eigenvalue weighted by molar-refractivity contribution is 6.08. The summed E-state index contributed by atoms with van der Waals surface area (Å²) in [6, 6.07) is 6.15. The molecule has 1 aromatic rings. The largest absolute Gasteiger partial charge is 0.497 e. The minimum Gasteiger partial charge on any atom is -0.497 e. The lowest BCUT2D eigenvalue weighted by molar-refractivity contribution is -0.140. The highest BCUT2D eigenvalue weighted by Crippen LogP contribution is 2.32. The maximum absolute atomic E-state index is 12.5. The Kier molecular flexibility index (Phi) is 4.78. The zero-order valence-electron chi connectivity index (χ0n) is 14.0. The number of hydrogen-bond acceptors (Lipinski definition) is 5. The van der Waals surface area contributed by atoms with Crippen LogP contribution in [0.25, 0.3) is 0 Å². The number of nitrogens with zero attached hydrogens (tertiary/aromatic N) is 1. The predicted molar refractivity (Wildman–Crippen MR) is 87.8 cm³/mol. The minimum absolute atomic E-state index is 0.309. The Labute approximate surface area is 145 Å². The van der Waals surface area contributed by atoms with Gasteiger partial charge < -0.3 is 14.8 Å². The summed E-state index contributed by atoms with van der Waals surface area (Å²) < 4.78 is 10.4. The van der Waals surface area contributed by atoms with Gasteiger partial charge in [0.1, 0.15) is 17.0 Å². The van der Waals surface area contributed by atoms with Gasteiger partial charge in [0.15, 0.2) is 6.61 Å². The van der Waals surface area contributed by atoms with E-state index in [0.29, 0.717) is 24.3 Å². The molecule has 0 atom stereocenters. The summed E-state index contributed by atoms with van der Waals surface area (Å²) in [5, 5.41) is 3.50. The number of rotatable bonds is 5. The van der Waals surface area contributed by atoms with E-state index in [4.69, 9.17) is 9.47 Å². The lowest BCUT2D eigenvalue weighted by atomic mass is 9.82. The van der Waals surface area contributed by atoms with E-state index in [9.17, 15) is 14.4 Å². The van der Waals surface area contributed by atoms with Crippen LogP contribution in [0.1, 0.15) is 32.1 Å². The van der Waals surface area contributed by atoms with E-state index in [2.05, 4.69) is 10.7 Å². The minimum atomic E-state index is -0.862. The molecule has 2 aliphatic rings. The third kappa shape index (κ3) is 3.52. The lowest BCUT2D eigenvalue weighted by Gasteiger charge is -2.30. The van der Waals surface area contributed by atoms with Crippen LogP contribution in [0.3, 0.4) is 0 Å². The van der Waals surface area contributed by atoms with Crippen molar-refractivity contribution in [2.45, 2.75) is 37.6 Å².